The average Bonchev–Trinajstić information content (AvgIpc) is 2.41. The van der Waals surface area contributed by atoms with E-state index in [2.05, 4.69) is 12.4 Å². The second-order valence-corrected chi connectivity index (χ2v) is 5.24. The van der Waals surface area contributed by atoms with E-state index in [0.717, 1.165) is 26.2 Å². The largest absolute Gasteiger partial charge is 0.328 e. The maximum absolute atomic E-state index is 11.9. The third-order valence-electron chi connectivity index (χ3n) is 3.56. The minimum Gasteiger partial charge on any atom is -0.328 e. The molecule has 1 aliphatic rings. The molecule has 0 atom stereocenters. The standard InChI is InChI=1S/C13H18N4O3/c1-15-5-7-16(8-6-15)10-13(18)14-11-3-2-4-12(9-11)17(19)20/h2-4,9H,5-8,10H2,1H3,(H,14,18)/p+2. The molecule has 1 amide bonds. The van der Waals surface area contributed by atoms with E-state index in [1.54, 1.807) is 12.1 Å². The zero-order valence-corrected chi connectivity index (χ0v) is 11.5. The number of non-ortho nitro benzene ring substituents is 1. The smallest absolute Gasteiger partial charge is 0.279 e. The molecule has 1 aromatic carbocycles. The molecule has 0 unspecified atom stereocenters. The molecular formula is C13H20N4O3+2. The molecule has 0 saturated carbocycles. The molecule has 7 heteroatoms. The SMILES string of the molecule is C[NH+]1CC[NH+](CC(=O)Nc2cccc([N+](=O)[O-])c2)CC1. The lowest BCUT2D eigenvalue weighted by Gasteiger charge is -2.26. The average molecular weight is 280 g/mol. The Bertz CT molecular complexity index is 498. The summed E-state index contributed by atoms with van der Waals surface area (Å²) in [5.41, 5.74) is 0.460. The van der Waals surface area contributed by atoms with Crippen molar-refractivity contribution in [2.24, 2.45) is 0 Å². The van der Waals surface area contributed by atoms with Gasteiger partial charge in [0.05, 0.1) is 12.0 Å². The minimum atomic E-state index is -0.468. The van der Waals surface area contributed by atoms with Gasteiger partial charge >= 0.3 is 0 Å². The first-order chi connectivity index (χ1) is 9.54. The molecule has 1 aromatic rings. The number of nitro groups is 1. The minimum absolute atomic E-state index is 0.0154. The van der Waals surface area contributed by atoms with Crippen LogP contribution in [0.4, 0.5) is 11.4 Å². The molecule has 1 aliphatic heterocycles. The highest BCUT2D eigenvalue weighted by atomic mass is 16.6. The van der Waals surface area contributed by atoms with Gasteiger partial charge < -0.3 is 15.1 Å². The number of carbonyl (C=O) groups excluding carboxylic acids is 1. The Labute approximate surface area is 117 Å². The summed E-state index contributed by atoms with van der Waals surface area (Å²) in [4.78, 5) is 24.9. The highest BCUT2D eigenvalue weighted by molar-refractivity contribution is 5.91. The third kappa shape index (κ3) is 4.01. The van der Waals surface area contributed by atoms with Gasteiger partial charge in [-0.3, -0.25) is 14.9 Å². The highest BCUT2D eigenvalue weighted by Crippen LogP contribution is 2.16. The number of rotatable bonds is 4. The molecule has 0 aromatic heterocycles. The van der Waals surface area contributed by atoms with Crippen molar-refractivity contribution in [3.05, 3.63) is 34.4 Å². The van der Waals surface area contributed by atoms with Crippen molar-refractivity contribution in [2.75, 3.05) is 45.1 Å². The van der Waals surface area contributed by atoms with E-state index in [9.17, 15) is 14.9 Å². The van der Waals surface area contributed by atoms with Crippen LogP contribution in [0.1, 0.15) is 0 Å². The Kier molecular flexibility index (Phi) is 4.65. The fourth-order valence-electron chi connectivity index (χ4n) is 2.34. The van der Waals surface area contributed by atoms with Gasteiger partial charge in [0.1, 0.15) is 26.2 Å². The number of hydrogen-bond donors (Lipinski definition) is 3. The number of quaternary nitrogens is 2. The van der Waals surface area contributed by atoms with Crippen molar-refractivity contribution in [1.29, 1.82) is 0 Å². The van der Waals surface area contributed by atoms with Gasteiger partial charge in [0.25, 0.3) is 11.6 Å². The number of hydrogen-bond acceptors (Lipinski definition) is 3. The van der Waals surface area contributed by atoms with Gasteiger partial charge in [-0.15, -0.1) is 0 Å². The summed E-state index contributed by atoms with van der Waals surface area (Å²) >= 11 is 0. The predicted octanol–water partition coefficient (Wildman–Crippen LogP) is -2.05. The number of nitrogens with zero attached hydrogens (tertiary/aromatic N) is 1. The summed E-state index contributed by atoms with van der Waals surface area (Å²) in [6.45, 7) is 4.51. The Morgan fingerprint density at radius 2 is 2.05 bits per heavy atom. The quantitative estimate of drug-likeness (QED) is 0.438. The van der Waals surface area contributed by atoms with Crippen LogP contribution in [0.3, 0.4) is 0 Å². The lowest BCUT2D eigenvalue weighted by Crippen LogP contribution is -3.27. The number of benzene rings is 1. The van der Waals surface area contributed by atoms with E-state index >= 15 is 0 Å². The molecular weight excluding hydrogens is 260 g/mol. The van der Waals surface area contributed by atoms with Crippen LogP contribution in [0.2, 0.25) is 0 Å². The summed E-state index contributed by atoms with van der Waals surface area (Å²) in [7, 11) is 2.15. The molecule has 0 bridgehead atoms. The molecule has 108 valence electrons. The van der Waals surface area contributed by atoms with Crippen molar-refractivity contribution < 1.29 is 19.5 Å². The topological polar surface area (TPSA) is 81.1 Å². The number of amides is 1. The molecule has 20 heavy (non-hydrogen) atoms. The van der Waals surface area contributed by atoms with E-state index < -0.39 is 4.92 Å². The van der Waals surface area contributed by atoms with Crippen LogP contribution in [-0.2, 0) is 4.79 Å². The number of anilines is 1. The van der Waals surface area contributed by atoms with Crippen LogP contribution >= 0.6 is 0 Å². The van der Waals surface area contributed by atoms with Gasteiger partial charge in [-0.1, -0.05) is 6.07 Å². The van der Waals surface area contributed by atoms with Gasteiger partial charge in [0.2, 0.25) is 0 Å². The molecule has 2 rings (SSSR count). The Balaban J connectivity index is 1.88. The first-order valence-electron chi connectivity index (χ1n) is 6.74. The third-order valence-corrected chi connectivity index (χ3v) is 3.56. The Hall–Kier alpha value is -1.99. The van der Waals surface area contributed by atoms with E-state index in [1.165, 1.54) is 21.9 Å². The summed E-state index contributed by atoms with van der Waals surface area (Å²) in [6.07, 6.45) is 0. The van der Waals surface area contributed by atoms with E-state index in [0.29, 0.717) is 12.2 Å². The Morgan fingerprint density at radius 1 is 1.35 bits per heavy atom. The lowest BCUT2D eigenvalue weighted by molar-refractivity contribution is -0.999. The monoisotopic (exact) mass is 280 g/mol. The van der Waals surface area contributed by atoms with E-state index in [-0.39, 0.29) is 11.6 Å². The molecule has 7 nitrogen and oxygen atoms in total. The summed E-state index contributed by atoms with van der Waals surface area (Å²) < 4.78 is 0. The number of likely N-dealkylation sites (N-methyl/N-ethyl adjacent to an activating group) is 1. The number of piperazine rings is 1. The van der Waals surface area contributed by atoms with Crippen LogP contribution in [-0.4, -0.2) is 50.6 Å². The van der Waals surface area contributed by atoms with Crippen LogP contribution in [0.5, 0.6) is 0 Å². The highest BCUT2D eigenvalue weighted by Gasteiger charge is 2.22. The number of nitrogens with one attached hydrogen (secondary N) is 3. The molecule has 0 radical (unpaired) electrons. The summed E-state index contributed by atoms with van der Waals surface area (Å²) in [5.74, 6) is -0.0972. The molecule has 1 saturated heterocycles. The first-order valence-corrected chi connectivity index (χ1v) is 6.74. The number of carbonyl (C=O) groups is 1. The van der Waals surface area contributed by atoms with Gasteiger partial charge in [-0.25, -0.2) is 0 Å². The van der Waals surface area contributed by atoms with Crippen molar-refractivity contribution in [3.8, 4) is 0 Å². The maximum atomic E-state index is 11.9. The zero-order chi connectivity index (χ0) is 14.5. The molecule has 3 N–H and O–H groups in total. The van der Waals surface area contributed by atoms with E-state index in [1.807, 2.05) is 0 Å². The zero-order valence-electron chi connectivity index (χ0n) is 11.5. The number of nitro benzene ring substituents is 1. The second-order valence-electron chi connectivity index (χ2n) is 5.24. The van der Waals surface area contributed by atoms with Crippen LogP contribution in [0.15, 0.2) is 24.3 Å². The molecule has 1 fully saturated rings. The van der Waals surface area contributed by atoms with Crippen LogP contribution in [0, 0.1) is 10.1 Å². The van der Waals surface area contributed by atoms with Crippen molar-refractivity contribution in [1.82, 2.24) is 0 Å². The van der Waals surface area contributed by atoms with Gasteiger partial charge in [-0.2, -0.15) is 0 Å². The molecule has 0 aliphatic carbocycles. The lowest BCUT2D eigenvalue weighted by atomic mass is 10.2. The van der Waals surface area contributed by atoms with Crippen molar-refractivity contribution in [2.45, 2.75) is 0 Å². The van der Waals surface area contributed by atoms with E-state index in [4.69, 9.17) is 0 Å². The van der Waals surface area contributed by atoms with Gasteiger partial charge in [0.15, 0.2) is 6.54 Å². The fourth-order valence-corrected chi connectivity index (χ4v) is 2.34. The van der Waals surface area contributed by atoms with Crippen molar-refractivity contribution >= 4 is 17.3 Å². The first kappa shape index (κ1) is 14.4. The summed E-state index contributed by atoms with van der Waals surface area (Å²) in [6, 6.07) is 6.01. The van der Waals surface area contributed by atoms with Crippen LogP contribution in [0.25, 0.3) is 0 Å². The summed E-state index contributed by atoms with van der Waals surface area (Å²) in [5, 5.41) is 13.4. The Morgan fingerprint density at radius 3 is 2.70 bits per heavy atom. The molecule has 0 spiro atoms. The van der Waals surface area contributed by atoms with Crippen LogP contribution < -0.4 is 15.1 Å². The van der Waals surface area contributed by atoms with Crippen molar-refractivity contribution in [3.63, 3.8) is 0 Å². The maximum Gasteiger partial charge on any atom is 0.279 e. The predicted molar refractivity (Wildman–Crippen MR) is 73.9 cm³/mol. The normalized spacial score (nSPS) is 22.2. The second kappa shape index (κ2) is 6.44. The fraction of sp³-hybridized carbons (Fsp3) is 0.462. The molecule has 1 heterocycles. The van der Waals surface area contributed by atoms with Gasteiger partial charge in [0, 0.05) is 17.8 Å². The van der Waals surface area contributed by atoms with Gasteiger partial charge in [-0.05, 0) is 6.07 Å².